The summed E-state index contributed by atoms with van der Waals surface area (Å²) in [7, 11) is 0. The van der Waals surface area contributed by atoms with Gasteiger partial charge in [0.25, 0.3) is 5.84 Å². The Kier molecular flexibility index (Phi) is 1.89. The van der Waals surface area contributed by atoms with Gasteiger partial charge in [-0.15, -0.1) is 0 Å². The first-order valence-corrected chi connectivity index (χ1v) is 3.11. The molecule has 4 N–H and O–H groups in total. The molecule has 0 aliphatic carbocycles. The highest BCUT2D eigenvalue weighted by molar-refractivity contribution is 5.77. The average Bonchev–Trinajstić information content (AvgIpc) is 2.18. The summed E-state index contributed by atoms with van der Waals surface area (Å²) in [6, 6.07) is 0. The maximum atomic E-state index is 9.00. The van der Waals surface area contributed by atoms with Crippen molar-refractivity contribution in [3.63, 3.8) is 0 Å². The van der Waals surface area contributed by atoms with Gasteiger partial charge < -0.3 is 10.9 Å². The molecular weight excluding hydrogens is 118 g/mol. The highest BCUT2D eigenvalue weighted by Crippen LogP contribution is 1.86. The van der Waals surface area contributed by atoms with Gasteiger partial charge in [-0.1, -0.05) is 4.74 Å². The van der Waals surface area contributed by atoms with Crippen LogP contribution in [0.4, 0.5) is 0 Å². The highest BCUT2D eigenvalue weighted by Gasteiger charge is 2.18. The van der Waals surface area contributed by atoms with Gasteiger partial charge in [0.2, 0.25) is 0 Å². The molecule has 1 aliphatic rings. The summed E-state index contributed by atoms with van der Waals surface area (Å²) in [4.78, 5) is 0. The van der Waals surface area contributed by atoms with Crippen LogP contribution in [0, 0.1) is 0 Å². The van der Waals surface area contributed by atoms with Crippen molar-refractivity contribution in [2.75, 3.05) is 19.6 Å². The van der Waals surface area contributed by atoms with Crippen molar-refractivity contribution in [3.8, 4) is 0 Å². The number of amidine groups is 1. The summed E-state index contributed by atoms with van der Waals surface area (Å²) in [6.45, 7) is 2.08. The molecule has 1 rings (SSSR count). The van der Waals surface area contributed by atoms with Crippen LogP contribution in [0.2, 0.25) is 0 Å². The zero-order chi connectivity index (χ0) is 6.69. The van der Waals surface area contributed by atoms with E-state index in [0.717, 1.165) is 18.8 Å². The normalized spacial score (nSPS) is 18.3. The fourth-order valence-corrected chi connectivity index (χ4v) is 0.886. The van der Waals surface area contributed by atoms with Crippen LogP contribution in [0.15, 0.2) is 0 Å². The van der Waals surface area contributed by atoms with Gasteiger partial charge in [-0.25, -0.2) is 0 Å². The second kappa shape index (κ2) is 2.68. The number of hydrogen-bond acceptors (Lipinski definition) is 3. The molecule has 0 fully saturated rings. The Morgan fingerprint density at radius 2 is 2.56 bits per heavy atom. The molecular formula is C5H12N3O+. The lowest BCUT2D eigenvalue weighted by molar-refractivity contribution is -0.768. The molecule has 0 saturated carbocycles. The topological polar surface area (TPSA) is 61.3 Å². The molecule has 0 aromatic carbocycles. The monoisotopic (exact) mass is 130 g/mol. The van der Waals surface area contributed by atoms with E-state index >= 15 is 0 Å². The van der Waals surface area contributed by atoms with Gasteiger partial charge >= 0.3 is 0 Å². The lowest BCUT2D eigenvalue weighted by atomic mass is 10.4. The maximum Gasteiger partial charge on any atom is 0.285 e. The van der Waals surface area contributed by atoms with Crippen molar-refractivity contribution in [2.24, 2.45) is 5.73 Å². The first-order valence-electron chi connectivity index (χ1n) is 3.11. The minimum absolute atomic E-state index is 0.583. The standard InChI is InChI=1S/C5H11N3O/c6-2-1-5-7-3-4-8(5)9/h9H,1-4,6H2/p+1. The predicted octanol–water partition coefficient (Wildman–Crippen LogP) is -1.26. The molecule has 0 saturated heterocycles. The van der Waals surface area contributed by atoms with E-state index in [1.165, 1.54) is 4.74 Å². The van der Waals surface area contributed by atoms with Gasteiger partial charge in [-0.05, 0) is 0 Å². The Morgan fingerprint density at radius 1 is 1.78 bits per heavy atom. The zero-order valence-corrected chi connectivity index (χ0v) is 5.30. The summed E-state index contributed by atoms with van der Waals surface area (Å²) in [5, 5.41) is 12.0. The molecule has 1 aliphatic heterocycles. The zero-order valence-electron chi connectivity index (χ0n) is 5.30. The number of hydrogen-bond donors (Lipinski definition) is 3. The Balaban J connectivity index is 2.45. The molecule has 0 unspecified atom stereocenters. The number of nitrogens with one attached hydrogen (secondary N) is 1. The Morgan fingerprint density at radius 3 is 3.00 bits per heavy atom. The van der Waals surface area contributed by atoms with Crippen LogP contribution in [0.25, 0.3) is 0 Å². The molecule has 0 amide bonds. The molecule has 0 atom stereocenters. The van der Waals surface area contributed by atoms with Crippen molar-refractivity contribution >= 4 is 5.84 Å². The first kappa shape index (κ1) is 6.35. The van der Waals surface area contributed by atoms with E-state index < -0.39 is 0 Å². The quantitative estimate of drug-likeness (QED) is 0.323. The third-order valence-electron chi connectivity index (χ3n) is 1.35. The third kappa shape index (κ3) is 1.32. The van der Waals surface area contributed by atoms with E-state index in [9.17, 15) is 0 Å². The Bertz CT molecular complexity index is 132. The van der Waals surface area contributed by atoms with Crippen molar-refractivity contribution in [2.45, 2.75) is 6.42 Å². The SMILES string of the molecule is NCCC1=[N+](O)CCN1. The number of rotatable bonds is 2. The molecule has 0 spiro atoms. The minimum Gasteiger partial charge on any atom is -0.355 e. The van der Waals surface area contributed by atoms with E-state index in [-0.39, 0.29) is 0 Å². The molecule has 9 heavy (non-hydrogen) atoms. The maximum absolute atomic E-state index is 9.00. The molecule has 52 valence electrons. The third-order valence-corrected chi connectivity index (χ3v) is 1.35. The molecule has 0 radical (unpaired) electrons. The van der Waals surface area contributed by atoms with Crippen LogP contribution < -0.4 is 11.1 Å². The molecule has 0 bridgehead atoms. The number of hydroxylamine groups is 1. The van der Waals surface area contributed by atoms with Crippen LogP contribution >= 0.6 is 0 Å². The highest BCUT2D eigenvalue weighted by atomic mass is 16.5. The predicted molar refractivity (Wildman–Crippen MR) is 33.6 cm³/mol. The summed E-state index contributed by atoms with van der Waals surface area (Å²) in [5.74, 6) is 0.845. The molecule has 4 heteroatoms. The van der Waals surface area contributed by atoms with Gasteiger partial charge in [0.1, 0.15) is 6.54 Å². The summed E-state index contributed by atoms with van der Waals surface area (Å²) in [6.07, 6.45) is 0.733. The van der Waals surface area contributed by atoms with Crippen molar-refractivity contribution in [3.05, 3.63) is 0 Å². The molecule has 4 nitrogen and oxygen atoms in total. The Hall–Kier alpha value is -0.770. The van der Waals surface area contributed by atoms with Gasteiger partial charge in [0.15, 0.2) is 6.54 Å². The average molecular weight is 130 g/mol. The van der Waals surface area contributed by atoms with Crippen LogP contribution in [0.3, 0.4) is 0 Å². The van der Waals surface area contributed by atoms with Crippen molar-refractivity contribution in [1.82, 2.24) is 5.32 Å². The van der Waals surface area contributed by atoms with Gasteiger partial charge in [0, 0.05) is 6.54 Å². The molecule has 1 heterocycles. The van der Waals surface area contributed by atoms with Crippen molar-refractivity contribution in [1.29, 1.82) is 0 Å². The fraction of sp³-hybridized carbons (Fsp3) is 0.800. The van der Waals surface area contributed by atoms with Crippen LogP contribution in [0.5, 0.6) is 0 Å². The van der Waals surface area contributed by atoms with E-state index in [1.807, 2.05) is 0 Å². The van der Waals surface area contributed by atoms with Gasteiger partial charge in [-0.3, -0.25) is 5.32 Å². The summed E-state index contributed by atoms with van der Waals surface area (Å²) < 4.78 is 1.22. The largest absolute Gasteiger partial charge is 0.355 e. The molecule has 0 aromatic heterocycles. The van der Waals surface area contributed by atoms with Crippen LogP contribution in [0.1, 0.15) is 6.42 Å². The molecule has 0 aromatic rings. The fourth-order valence-electron chi connectivity index (χ4n) is 0.886. The first-order chi connectivity index (χ1) is 4.34. The second-order valence-electron chi connectivity index (χ2n) is 2.04. The van der Waals surface area contributed by atoms with E-state index in [0.29, 0.717) is 13.1 Å². The minimum atomic E-state index is 0.583. The second-order valence-corrected chi connectivity index (χ2v) is 2.04. The van der Waals surface area contributed by atoms with Crippen LogP contribution in [-0.4, -0.2) is 35.4 Å². The van der Waals surface area contributed by atoms with Gasteiger partial charge in [0.05, 0.1) is 6.42 Å². The van der Waals surface area contributed by atoms with E-state index in [1.54, 1.807) is 0 Å². The lowest BCUT2D eigenvalue weighted by Crippen LogP contribution is -2.24. The summed E-state index contributed by atoms with van der Waals surface area (Å²) in [5.41, 5.74) is 5.27. The van der Waals surface area contributed by atoms with Gasteiger partial charge in [-0.2, -0.15) is 0 Å². The number of nitrogens with zero attached hydrogens (tertiary/aromatic N) is 1. The Labute approximate surface area is 53.9 Å². The van der Waals surface area contributed by atoms with E-state index in [4.69, 9.17) is 10.9 Å². The number of nitrogens with two attached hydrogens (primary N) is 1. The summed E-state index contributed by atoms with van der Waals surface area (Å²) >= 11 is 0. The smallest absolute Gasteiger partial charge is 0.285 e. The van der Waals surface area contributed by atoms with Crippen LogP contribution in [-0.2, 0) is 0 Å². The van der Waals surface area contributed by atoms with Crippen molar-refractivity contribution < 1.29 is 9.95 Å². The van der Waals surface area contributed by atoms with E-state index in [2.05, 4.69) is 5.32 Å². The lowest BCUT2D eigenvalue weighted by Gasteiger charge is -1.91.